The van der Waals surface area contributed by atoms with Gasteiger partial charge < -0.3 is 19.9 Å². The second kappa shape index (κ2) is 8.72. The molecule has 0 radical (unpaired) electrons. The van der Waals surface area contributed by atoms with Crippen molar-refractivity contribution in [1.82, 2.24) is 10.2 Å². The molecule has 0 bridgehead atoms. The Morgan fingerprint density at radius 2 is 1.73 bits per heavy atom. The van der Waals surface area contributed by atoms with E-state index in [1.165, 1.54) is 11.1 Å². The minimum atomic E-state index is 0.164. The summed E-state index contributed by atoms with van der Waals surface area (Å²) in [5, 5.41) is 3.25. The maximum Gasteiger partial charge on any atom is 0.236 e. The Balaban J connectivity index is 1.45. The minimum Gasteiger partial charge on any atom is -0.495 e. The minimum absolute atomic E-state index is 0.164. The number of benzene rings is 2. The zero-order chi connectivity index (χ0) is 18.4. The van der Waals surface area contributed by atoms with E-state index in [9.17, 15) is 4.79 Å². The molecular weight excluding hydrogens is 326 g/mol. The zero-order valence-electron chi connectivity index (χ0n) is 15.6. The molecule has 1 N–H and O–H groups in total. The van der Waals surface area contributed by atoms with Crippen molar-refractivity contribution in [1.29, 1.82) is 0 Å². The molecule has 0 saturated carbocycles. The second-order valence-electron chi connectivity index (χ2n) is 6.63. The van der Waals surface area contributed by atoms with Crippen LogP contribution in [0.3, 0.4) is 0 Å². The van der Waals surface area contributed by atoms with E-state index < -0.39 is 0 Å². The van der Waals surface area contributed by atoms with Crippen molar-refractivity contribution in [3.63, 3.8) is 0 Å². The van der Waals surface area contributed by atoms with Crippen LogP contribution < -0.4 is 15.0 Å². The van der Waals surface area contributed by atoms with Crippen molar-refractivity contribution >= 4 is 11.6 Å². The van der Waals surface area contributed by atoms with Crippen LogP contribution in [0, 0.1) is 6.92 Å². The van der Waals surface area contributed by atoms with E-state index in [-0.39, 0.29) is 5.91 Å². The number of nitrogens with zero attached hydrogens (tertiary/aromatic N) is 2. The first kappa shape index (κ1) is 18.3. The maximum absolute atomic E-state index is 12.4. The van der Waals surface area contributed by atoms with Gasteiger partial charge in [0.2, 0.25) is 5.91 Å². The quantitative estimate of drug-likeness (QED) is 0.866. The van der Waals surface area contributed by atoms with Gasteiger partial charge in [-0.25, -0.2) is 0 Å². The van der Waals surface area contributed by atoms with Gasteiger partial charge in [-0.15, -0.1) is 0 Å². The van der Waals surface area contributed by atoms with Crippen LogP contribution in [0.1, 0.15) is 11.1 Å². The Kier molecular flexibility index (Phi) is 6.12. The van der Waals surface area contributed by atoms with Gasteiger partial charge in [-0.1, -0.05) is 42.0 Å². The molecule has 0 spiro atoms. The Hall–Kier alpha value is -2.53. The average molecular weight is 353 g/mol. The van der Waals surface area contributed by atoms with E-state index in [1.54, 1.807) is 7.11 Å². The molecule has 0 unspecified atom stereocenters. The van der Waals surface area contributed by atoms with Gasteiger partial charge in [0.05, 0.1) is 19.3 Å². The second-order valence-corrected chi connectivity index (χ2v) is 6.63. The van der Waals surface area contributed by atoms with Gasteiger partial charge >= 0.3 is 0 Å². The van der Waals surface area contributed by atoms with E-state index in [1.807, 2.05) is 23.1 Å². The normalized spacial score (nSPS) is 14.4. The first-order valence-electron chi connectivity index (χ1n) is 9.09. The van der Waals surface area contributed by atoms with E-state index in [0.717, 1.165) is 37.6 Å². The van der Waals surface area contributed by atoms with Crippen LogP contribution in [0.15, 0.2) is 48.5 Å². The summed E-state index contributed by atoms with van der Waals surface area (Å²) in [6, 6.07) is 16.4. The van der Waals surface area contributed by atoms with E-state index in [0.29, 0.717) is 13.1 Å². The third kappa shape index (κ3) is 4.55. The molecule has 1 heterocycles. The number of amides is 1. The van der Waals surface area contributed by atoms with Crippen molar-refractivity contribution in [2.75, 3.05) is 44.7 Å². The van der Waals surface area contributed by atoms with Gasteiger partial charge in [0.1, 0.15) is 5.75 Å². The number of piperazine rings is 1. The number of carbonyl (C=O) groups excluding carboxylic acids is 1. The number of carbonyl (C=O) groups is 1. The van der Waals surface area contributed by atoms with Crippen molar-refractivity contribution in [2.24, 2.45) is 0 Å². The lowest BCUT2D eigenvalue weighted by Crippen LogP contribution is -2.50. The third-order valence-electron chi connectivity index (χ3n) is 4.78. The topological polar surface area (TPSA) is 44.8 Å². The van der Waals surface area contributed by atoms with E-state index in [2.05, 4.69) is 47.5 Å². The fraction of sp³-hybridized carbons (Fsp3) is 0.381. The highest BCUT2D eigenvalue weighted by Crippen LogP contribution is 2.28. The van der Waals surface area contributed by atoms with Crippen LogP contribution >= 0.6 is 0 Å². The standard InChI is InChI=1S/C21H27N3O2/c1-17-7-9-18(10-8-17)15-22-16-21(25)24-13-11-23(12-14-24)19-5-3-4-6-20(19)26-2/h3-10,22H,11-16H2,1-2H3. The van der Waals surface area contributed by atoms with Crippen molar-refractivity contribution in [3.8, 4) is 5.75 Å². The maximum atomic E-state index is 12.4. The van der Waals surface area contributed by atoms with Crippen molar-refractivity contribution < 1.29 is 9.53 Å². The lowest BCUT2D eigenvalue weighted by atomic mass is 10.1. The molecule has 2 aromatic rings. The molecule has 0 atom stereocenters. The summed E-state index contributed by atoms with van der Waals surface area (Å²) in [7, 11) is 1.69. The summed E-state index contributed by atoms with van der Waals surface area (Å²) < 4.78 is 5.44. The molecule has 1 fully saturated rings. The highest BCUT2D eigenvalue weighted by molar-refractivity contribution is 5.78. The molecule has 5 nitrogen and oxygen atoms in total. The molecule has 0 aromatic heterocycles. The molecule has 1 saturated heterocycles. The summed E-state index contributed by atoms with van der Waals surface area (Å²) in [5.74, 6) is 1.05. The Bertz CT molecular complexity index is 722. The summed E-state index contributed by atoms with van der Waals surface area (Å²) in [6.45, 7) is 6.29. The van der Waals surface area contributed by atoms with Gasteiger partial charge in [-0.3, -0.25) is 4.79 Å². The summed E-state index contributed by atoms with van der Waals surface area (Å²) in [6.07, 6.45) is 0. The van der Waals surface area contributed by atoms with E-state index >= 15 is 0 Å². The fourth-order valence-electron chi connectivity index (χ4n) is 3.22. The zero-order valence-corrected chi connectivity index (χ0v) is 15.6. The number of hydrogen-bond acceptors (Lipinski definition) is 4. The van der Waals surface area contributed by atoms with Crippen LogP contribution in [-0.4, -0.2) is 50.6 Å². The monoisotopic (exact) mass is 353 g/mol. The molecule has 138 valence electrons. The molecule has 1 aliphatic rings. The molecule has 0 aliphatic carbocycles. The SMILES string of the molecule is COc1ccccc1N1CCN(C(=O)CNCc2ccc(C)cc2)CC1. The molecule has 2 aromatic carbocycles. The molecule has 1 aliphatic heterocycles. The number of para-hydroxylation sites is 2. The largest absolute Gasteiger partial charge is 0.495 e. The number of hydrogen-bond donors (Lipinski definition) is 1. The lowest BCUT2D eigenvalue weighted by Gasteiger charge is -2.36. The number of methoxy groups -OCH3 is 1. The van der Waals surface area contributed by atoms with Gasteiger partial charge in [-0.05, 0) is 24.6 Å². The first-order chi connectivity index (χ1) is 12.7. The van der Waals surface area contributed by atoms with Gasteiger partial charge in [0, 0.05) is 32.7 Å². The lowest BCUT2D eigenvalue weighted by molar-refractivity contribution is -0.130. The number of aryl methyl sites for hydroxylation is 1. The van der Waals surface area contributed by atoms with Crippen LogP contribution in [0.5, 0.6) is 5.75 Å². The fourth-order valence-corrected chi connectivity index (χ4v) is 3.22. The predicted molar refractivity (Wildman–Crippen MR) is 105 cm³/mol. The molecule has 5 heteroatoms. The molecule has 3 rings (SSSR count). The van der Waals surface area contributed by atoms with Crippen LogP contribution in [0.4, 0.5) is 5.69 Å². The Morgan fingerprint density at radius 1 is 1.04 bits per heavy atom. The summed E-state index contributed by atoms with van der Waals surface area (Å²) in [5.41, 5.74) is 3.54. The van der Waals surface area contributed by atoms with Gasteiger partial charge in [-0.2, -0.15) is 0 Å². The smallest absolute Gasteiger partial charge is 0.236 e. The van der Waals surface area contributed by atoms with Gasteiger partial charge in [0.25, 0.3) is 0 Å². The van der Waals surface area contributed by atoms with Crippen molar-refractivity contribution in [2.45, 2.75) is 13.5 Å². The van der Waals surface area contributed by atoms with Crippen LogP contribution in [-0.2, 0) is 11.3 Å². The third-order valence-corrected chi connectivity index (χ3v) is 4.78. The number of rotatable bonds is 6. The van der Waals surface area contributed by atoms with Gasteiger partial charge in [0.15, 0.2) is 0 Å². The number of ether oxygens (including phenoxy) is 1. The average Bonchev–Trinajstić information content (AvgIpc) is 2.69. The number of anilines is 1. The Labute approximate surface area is 155 Å². The summed E-state index contributed by atoms with van der Waals surface area (Å²) in [4.78, 5) is 16.6. The van der Waals surface area contributed by atoms with Crippen molar-refractivity contribution in [3.05, 3.63) is 59.7 Å². The summed E-state index contributed by atoms with van der Waals surface area (Å²) >= 11 is 0. The van der Waals surface area contributed by atoms with Crippen LogP contribution in [0.25, 0.3) is 0 Å². The van der Waals surface area contributed by atoms with E-state index in [4.69, 9.17) is 4.74 Å². The highest BCUT2D eigenvalue weighted by atomic mass is 16.5. The van der Waals surface area contributed by atoms with Crippen LogP contribution in [0.2, 0.25) is 0 Å². The molecule has 1 amide bonds. The first-order valence-corrected chi connectivity index (χ1v) is 9.09. The Morgan fingerprint density at radius 3 is 2.42 bits per heavy atom. The highest BCUT2D eigenvalue weighted by Gasteiger charge is 2.22. The molecular formula is C21H27N3O2. The molecule has 26 heavy (non-hydrogen) atoms. The number of nitrogens with one attached hydrogen (secondary N) is 1. The predicted octanol–water partition coefficient (Wildman–Crippen LogP) is 2.44.